The number of fused-ring (bicyclic) bond motifs is 5. The molecule has 0 amide bonds. The molecule has 0 aliphatic heterocycles. The molecule has 42 heavy (non-hydrogen) atoms. The molecule has 1 aliphatic rings. The smallest absolute Gasteiger partial charge is 0.311 e. The van der Waals surface area contributed by atoms with Gasteiger partial charge in [-0.25, -0.2) is 0 Å². The Balaban J connectivity index is 1.60. The van der Waals surface area contributed by atoms with E-state index in [1.54, 1.807) is 20.3 Å². The molecule has 0 atom stereocenters. The molecule has 0 aromatic heterocycles. The van der Waals surface area contributed by atoms with Crippen LogP contribution < -0.4 is 14.2 Å². The fraction of sp³-hybridized carbons (Fsp3) is 0.595. The van der Waals surface area contributed by atoms with Gasteiger partial charge in [0, 0.05) is 17.5 Å². The summed E-state index contributed by atoms with van der Waals surface area (Å²) in [5.74, 6) is 1.24. The van der Waals surface area contributed by atoms with Crippen LogP contribution in [0.5, 0.6) is 23.0 Å². The Hall–Kier alpha value is -2.95. The van der Waals surface area contributed by atoms with Crippen LogP contribution in [0.3, 0.4) is 0 Å². The fourth-order valence-electron chi connectivity index (χ4n) is 5.86. The number of phenolic OH excluding ortho intramolecular Hbond substituents is 1. The first-order valence-corrected chi connectivity index (χ1v) is 16.5. The summed E-state index contributed by atoms with van der Waals surface area (Å²) in [4.78, 5) is 13.0. The fourth-order valence-corrected chi connectivity index (χ4v) is 5.86. The minimum Gasteiger partial charge on any atom is -0.507 e. The number of hydrogen-bond acceptors (Lipinski definition) is 5. The van der Waals surface area contributed by atoms with Crippen molar-refractivity contribution in [2.24, 2.45) is 0 Å². The van der Waals surface area contributed by atoms with Crippen molar-refractivity contribution in [2.75, 3.05) is 14.2 Å². The zero-order valence-corrected chi connectivity index (χ0v) is 26.5. The van der Waals surface area contributed by atoms with Crippen LogP contribution in [0, 0.1) is 0 Å². The van der Waals surface area contributed by atoms with Crippen LogP contribution in [-0.2, 0) is 17.6 Å². The first-order valence-electron chi connectivity index (χ1n) is 16.5. The van der Waals surface area contributed by atoms with E-state index in [1.165, 1.54) is 64.2 Å². The van der Waals surface area contributed by atoms with Crippen molar-refractivity contribution >= 4 is 5.97 Å². The average Bonchev–Trinajstić information content (AvgIpc) is 3.00. The number of allylic oxidation sites excluding steroid dienone is 2. The van der Waals surface area contributed by atoms with Crippen LogP contribution in [0.2, 0.25) is 0 Å². The molecule has 1 aliphatic carbocycles. The summed E-state index contributed by atoms with van der Waals surface area (Å²) in [6.07, 6.45) is 25.7. The van der Waals surface area contributed by atoms with E-state index in [9.17, 15) is 9.90 Å². The Morgan fingerprint density at radius 2 is 1.33 bits per heavy atom. The number of carbonyl (C=O) groups excluding carboxylic acids is 1. The summed E-state index contributed by atoms with van der Waals surface area (Å²) in [5.41, 5.74) is 3.46. The highest BCUT2D eigenvalue weighted by Gasteiger charge is 2.25. The summed E-state index contributed by atoms with van der Waals surface area (Å²) in [6.45, 7) is 2.27. The largest absolute Gasteiger partial charge is 0.507 e. The summed E-state index contributed by atoms with van der Waals surface area (Å²) in [6, 6.07) is 7.71. The quantitative estimate of drug-likeness (QED) is 0.0875. The third kappa shape index (κ3) is 10.7. The maximum absolute atomic E-state index is 13.0. The third-order valence-electron chi connectivity index (χ3n) is 8.31. The van der Waals surface area contributed by atoms with Crippen LogP contribution in [0.1, 0.15) is 127 Å². The summed E-state index contributed by atoms with van der Waals surface area (Å²) in [5, 5.41) is 10.8. The molecule has 3 rings (SSSR count). The summed E-state index contributed by atoms with van der Waals surface area (Å²) >= 11 is 0. The lowest BCUT2D eigenvalue weighted by atomic mass is 9.95. The van der Waals surface area contributed by atoms with Gasteiger partial charge in [-0.05, 0) is 67.9 Å². The van der Waals surface area contributed by atoms with E-state index in [0.29, 0.717) is 29.2 Å². The zero-order valence-electron chi connectivity index (χ0n) is 26.5. The van der Waals surface area contributed by atoms with Crippen LogP contribution in [0.4, 0.5) is 0 Å². The van der Waals surface area contributed by atoms with Gasteiger partial charge in [0.25, 0.3) is 0 Å². The van der Waals surface area contributed by atoms with Crippen LogP contribution in [0.25, 0.3) is 11.1 Å². The van der Waals surface area contributed by atoms with Gasteiger partial charge in [0.05, 0.1) is 14.2 Å². The number of aromatic hydroxyl groups is 1. The molecule has 4 bridgehead atoms. The molecule has 0 radical (unpaired) electrons. The minimum atomic E-state index is -0.241. The van der Waals surface area contributed by atoms with Crippen LogP contribution in [-0.4, -0.2) is 25.3 Å². The highest BCUT2D eigenvalue weighted by atomic mass is 16.6. The van der Waals surface area contributed by atoms with Crippen molar-refractivity contribution < 1.29 is 24.1 Å². The zero-order chi connectivity index (χ0) is 30.0. The second-order valence-corrected chi connectivity index (χ2v) is 11.7. The van der Waals surface area contributed by atoms with Gasteiger partial charge >= 0.3 is 5.97 Å². The predicted octanol–water partition coefficient (Wildman–Crippen LogP) is 10.3. The number of esters is 1. The lowest BCUT2D eigenvalue weighted by Crippen LogP contribution is -2.11. The Kier molecular flexibility index (Phi) is 15.4. The van der Waals surface area contributed by atoms with E-state index in [1.807, 2.05) is 18.2 Å². The number of benzene rings is 2. The molecule has 5 heteroatoms. The number of rotatable bonds is 17. The summed E-state index contributed by atoms with van der Waals surface area (Å²) in [7, 11) is 3.15. The minimum absolute atomic E-state index is 0.183. The second kappa shape index (κ2) is 19.3. The van der Waals surface area contributed by atoms with Crippen molar-refractivity contribution in [1.82, 2.24) is 0 Å². The monoisotopic (exact) mass is 578 g/mol. The Bertz CT molecular complexity index is 1120. The molecule has 0 saturated carbocycles. The molecule has 5 nitrogen and oxygen atoms in total. The molecular weight excluding hydrogens is 524 g/mol. The molecule has 2 aromatic rings. The van der Waals surface area contributed by atoms with E-state index in [-0.39, 0.29) is 11.7 Å². The van der Waals surface area contributed by atoms with Crippen molar-refractivity contribution in [2.45, 2.75) is 129 Å². The lowest BCUT2D eigenvalue weighted by molar-refractivity contribution is -0.134. The molecule has 0 heterocycles. The molecule has 0 saturated heterocycles. The normalized spacial score (nSPS) is 13.1. The van der Waals surface area contributed by atoms with Gasteiger partial charge in [-0.3, -0.25) is 4.79 Å². The number of aryl methyl sites for hydroxylation is 2. The van der Waals surface area contributed by atoms with Crippen molar-refractivity contribution in [1.29, 1.82) is 0 Å². The molecule has 0 fully saturated rings. The molecule has 232 valence electrons. The number of unbranched alkanes of at least 4 members (excludes halogenated alkanes) is 12. The number of ether oxygens (including phenoxy) is 3. The maximum atomic E-state index is 13.0. The Labute approximate surface area is 254 Å². The first kappa shape index (κ1) is 33.6. The molecule has 0 spiro atoms. The molecular formula is C37H54O5. The van der Waals surface area contributed by atoms with Crippen molar-refractivity contribution in [3.8, 4) is 34.1 Å². The molecule has 1 N–H and O–H groups in total. The number of phenols is 1. The molecule has 0 unspecified atom stereocenters. The highest BCUT2D eigenvalue weighted by Crippen LogP contribution is 2.49. The van der Waals surface area contributed by atoms with Gasteiger partial charge in [-0.2, -0.15) is 0 Å². The average molecular weight is 579 g/mol. The third-order valence-corrected chi connectivity index (χ3v) is 8.31. The Morgan fingerprint density at radius 1 is 0.714 bits per heavy atom. The topological polar surface area (TPSA) is 65.0 Å². The van der Waals surface area contributed by atoms with E-state index < -0.39 is 0 Å². The van der Waals surface area contributed by atoms with E-state index in [0.717, 1.165) is 68.1 Å². The number of hydrogen-bond donors (Lipinski definition) is 1. The SMILES string of the molecule is CCCCCCCCCCCCCCCC(=O)Oc1c2cc(c(OC)c1OC)-c1cc(ccc1O)CCC=CCCC2. The van der Waals surface area contributed by atoms with Gasteiger partial charge in [0.2, 0.25) is 5.75 Å². The van der Waals surface area contributed by atoms with E-state index in [4.69, 9.17) is 14.2 Å². The predicted molar refractivity (Wildman–Crippen MR) is 173 cm³/mol. The number of methoxy groups -OCH3 is 2. The van der Waals surface area contributed by atoms with Crippen molar-refractivity contribution in [3.05, 3.63) is 47.5 Å². The van der Waals surface area contributed by atoms with Crippen molar-refractivity contribution in [3.63, 3.8) is 0 Å². The van der Waals surface area contributed by atoms with Gasteiger partial charge < -0.3 is 19.3 Å². The van der Waals surface area contributed by atoms with Crippen LogP contribution in [0.15, 0.2) is 36.4 Å². The Morgan fingerprint density at radius 3 is 1.98 bits per heavy atom. The summed E-state index contributed by atoms with van der Waals surface area (Å²) < 4.78 is 17.6. The highest BCUT2D eigenvalue weighted by molar-refractivity contribution is 5.83. The van der Waals surface area contributed by atoms with Crippen LogP contribution >= 0.6 is 0 Å². The second-order valence-electron chi connectivity index (χ2n) is 11.7. The lowest BCUT2D eigenvalue weighted by Gasteiger charge is -2.21. The van der Waals surface area contributed by atoms with E-state index >= 15 is 0 Å². The standard InChI is InChI=1S/C37H54O5/c1-4-5-6-7-8-9-10-11-12-13-14-18-21-24-34(39)42-35-30-23-20-17-15-16-19-22-29-25-26-33(38)31(27-29)32(28-30)36(40-2)37(35)41-3/h15-16,25-28,38H,4-14,17-24H2,1-3H3. The number of carbonyl (C=O) groups is 1. The van der Waals surface area contributed by atoms with Gasteiger partial charge in [0.15, 0.2) is 11.5 Å². The van der Waals surface area contributed by atoms with Gasteiger partial charge in [-0.15, -0.1) is 0 Å². The first-order chi connectivity index (χ1) is 20.6. The van der Waals surface area contributed by atoms with Gasteiger partial charge in [0.1, 0.15) is 5.75 Å². The van der Waals surface area contributed by atoms with Gasteiger partial charge in [-0.1, -0.05) is 102 Å². The van der Waals surface area contributed by atoms with E-state index in [2.05, 4.69) is 19.1 Å². The maximum Gasteiger partial charge on any atom is 0.311 e. The molecule has 2 aromatic carbocycles.